The molecule has 1 amide bonds. The molecule has 2 aliphatic heterocycles. The summed E-state index contributed by atoms with van der Waals surface area (Å²) in [7, 11) is 1.65. The van der Waals surface area contributed by atoms with E-state index >= 15 is 0 Å². The number of aromatic nitrogens is 1. The van der Waals surface area contributed by atoms with Crippen LogP contribution in [0.2, 0.25) is 0 Å². The summed E-state index contributed by atoms with van der Waals surface area (Å²) in [6.07, 6.45) is 1.90. The fourth-order valence-electron chi connectivity index (χ4n) is 3.86. The minimum Gasteiger partial charge on any atom is -0.497 e. The van der Waals surface area contributed by atoms with Crippen LogP contribution in [-0.4, -0.2) is 55.0 Å². The summed E-state index contributed by atoms with van der Waals surface area (Å²) in [6.45, 7) is 4.70. The topological polar surface area (TPSA) is 63.8 Å². The highest BCUT2D eigenvalue weighted by Gasteiger charge is 2.40. The first-order valence-electron chi connectivity index (χ1n) is 8.81. The number of aryl methyl sites for hydroxylation is 1. The van der Waals surface area contributed by atoms with Crippen molar-refractivity contribution in [2.75, 3.05) is 33.4 Å². The zero-order chi connectivity index (χ0) is 17.4. The van der Waals surface area contributed by atoms with E-state index in [-0.39, 0.29) is 5.91 Å². The molecule has 2 aliphatic rings. The van der Waals surface area contributed by atoms with Crippen LogP contribution in [0.1, 0.15) is 24.1 Å². The molecule has 1 aromatic carbocycles. The first-order valence-corrected chi connectivity index (χ1v) is 8.81. The Morgan fingerprint density at radius 3 is 2.68 bits per heavy atom. The average Bonchev–Trinajstić information content (AvgIpc) is 3.20. The van der Waals surface area contributed by atoms with E-state index in [1.54, 1.807) is 7.11 Å². The maximum atomic E-state index is 12.8. The summed E-state index contributed by atoms with van der Waals surface area (Å²) in [4.78, 5) is 18.1. The first-order chi connectivity index (χ1) is 12.1. The minimum atomic E-state index is -0.444. The summed E-state index contributed by atoms with van der Waals surface area (Å²) in [6, 6.07) is 5.91. The van der Waals surface area contributed by atoms with E-state index in [0.29, 0.717) is 32.7 Å². The van der Waals surface area contributed by atoms with Gasteiger partial charge in [-0.05, 0) is 30.7 Å². The molecule has 0 aliphatic carbocycles. The number of aromatic amines is 1. The van der Waals surface area contributed by atoms with Crippen molar-refractivity contribution in [3.8, 4) is 5.75 Å². The molecule has 0 saturated carbocycles. The molecular formula is C19H24N2O4. The minimum absolute atomic E-state index is 0.152. The molecule has 6 nitrogen and oxygen atoms in total. The highest BCUT2D eigenvalue weighted by Crippen LogP contribution is 2.32. The lowest BCUT2D eigenvalue weighted by atomic mass is 10.0. The quantitative estimate of drug-likeness (QED) is 0.929. The lowest BCUT2D eigenvalue weighted by Crippen LogP contribution is -2.47. The van der Waals surface area contributed by atoms with Crippen LogP contribution in [0.4, 0.5) is 0 Å². The van der Waals surface area contributed by atoms with Gasteiger partial charge in [0.1, 0.15) is 5.75 Å². The lowest BCUT2D eigenvalue weighted by molar-refractivity contribution is -0.187. The predicted octanol–water partition coefficient (Wildman–Crippen LogP) is 2.39. The number of carbonyl (C=O) groups excluding carboxylic acids is 1. The van der Waals surface area contributed by atoms with Crippen molar-refractivity contribution in [1.29, 1.82) is 0 Å². The summed E-state index contributed by atoms with van der Waals surface area (Å²) in [5.41, 5.74) is 3.12. The van der Waals surface area contributed by atoms with Gasteiger partial charge in [0, 0.05) is 42.5 Å². The van der Waals surface area contributed by atoms with Gasteiger partial charge in [-0.15, -0.1) is 0 Å². The number of piperidine rings is 1. The smallest absolute Gasteiger partial charge is 0.227 e. The molecule has 0 radical (unpaired) electrons. The predicted molar refractivity (Wildman–Crippen MR) is 93.7 cm³/mol. The highest BCUT2D eigenvalue weighted by atomic mass is 16.7. The summed E-state index contributed by atoms with van der Waals surface area (Å²) in [5.74, 6) is 0.510. The van der Waals surface area contributed by atoms with Gasteiger partial charge in [-0.25, -0.2) is 0 Å². The molecule has 1 N–H and O–H groups in total. The molecule has 2 fully saturated rings. The Hall–Kier alpha value is -2.05. The molecule has 2 saturated heterocycles. The van der Waals surface area contributed by atoms with Gasteiger partial charge in [0.15, 0.2) is 5.79 Å². The van der Waals surface area contributed by atoms with E-state index in [1.807, 2.05) is 30.0 Å². The number of carbonyl (C=O) groups is 1. The van der Waals surface area contributed by atoms with Crippen LogP contribution in [0.3, 0.4) is 0 Å². The third-order valence-electron chi connectivity index (χ3n) is 5.35. The van der Waals surface area contributed by atoms with Crippen LogP contribution < -0.4 is 4.74 Å². The van der Waals surface area contributed by atoms with Gasteiger partial charge in [-0.1, -0.05) is 0 Å². The summed E-state index contributed by atoms with van der Waals surface area (Å²) in [5, 5.41) is 1.06. The first kappa shape index (κ1) is 16.4. The second-order valence-electron chi connectivity index (χ2n) is 6.81. The van der Waals surface area contributed by atoms with Crippen LogP contribution in [0.5, 0.6) is 5.75 Å². The van der Waals surface area contributed by atoms with E-state index in [4.69, 9.17) is 14.2 Å². The molecule has 3 heterocycles. The molecule has 1 aromatic heterocycles. The molecule has 0 atom stereocenters. The molecular weight excluding hydrogens is 320 g/mol. The van der Waals surface area contributed by atoms with Crippen LogP contribution in [0.25, 0.3) is 10.9 Å². The van der Waals surface area contributed by atoms with Crippen molar-refractivity contribution in [2.45, 2.75) is 32.0 Å². The maximum Gasteiger partial charge on any atom is 0.227 e. The van der Waals surface area contributed by atoms with Crippen LogP contribution >= 0.6 is 0 Å². The van der Waals surface area contributed by atoms with E-state index < -0.39 is 5.79 Å². The van der Waals surface area contributed by atoms with Gasteiger partial charge in [-0.2, -0.15) is 0 Å². The Labute approximate surface area is 147 Å². The molecule has 134 valence electrons. The number of methoxy groups -OCH3 is 1. The van der Waals surface area contributed by atoms with E-state index in [0.717, 1.165) is 40.8 Å². The Morgan fingerprint density at radius 2 is 2.00 bits per heavy atom. The molecule has 25 heavy (non-hydrogen) atoms. The standard InChI is InChI=1S/C19H24N2O4/c1-13-15(16-11-14(23-2)3-4-17(16)20-13)12-18(22)21-7-5-19(6-8-21)24-9-10-25-19/h3-4,11,20H,5-10,12H2,1-2H3. The number of nitrogens with zero attached hydrogens (tertiary/aromatic N) is 1. The van der Waals surface area contributed by atoms with Crippen LogP contribution in [-0.2, 0) is 20.7 Å². The number of nitrogens with one attached hydrogen (secondary N) is 1. The van der Waals surface area contributed by atoms with E-state index in [2.05, 4.69) is 4.98 Å². The van der Waals surface area contributed by atoms with Crippen molar-refractivity contribution >= 4 is 16.8 Å². The molecule has 4 rings (SSSR count). The van der Waals surface area contributed by atoms with Gasteiger partial charge >= 0.3 is 0 Å². The fraction of sp³-hybridized carbons (Fsp3) is 0.526. The van der Waals surface area contributed by atoms with Gasteiger partial charge in [0.25, 0.3) is 0 Å². The van der Waals surface area contributed by atoms with Crippen LogP contribution in [0, 0.1) is 6.92 Å². The number of hydrogen-bond acceptors (Lipinski definition) is 4. The Balaban J connectivity index is 1.49. The zero-order valence-electron chi connectivity index (χ0n) is 14.8. The number of H-pyrrole nitrogens is 1. The Kier molecular flexibility index (Phi) is 4.17. The Bertz CT molecular complexity index is 782. The molecule has 6 heteroatoms. The second-order valence-corrected chi connectivity index (χ2v) is 6.81. The zero-order valence-corrected chi connectivity index (χ0v) is 14.8. The Morgan fingerprint density at radius 1 is 1.28 bits per heavy atom. The number of benzene rings is 1. The van der Waals surface area contributed by atoms with Crippen molar-refractivity contribution in [2.24, 2.45) is 0 Å². The normalized spacial score (nSPS) is 19.7. The molecule has 0 unspecified atom stereocenters. The number of amides is 1. The fourth-order valence-corrected chi connectivity index (χ4v) is 3.86. The number of ether oxygens (including phenoxy) is 3. The van der Waals surface area contributed by atoms with Gasteiger partial charge in [0.2, 0.25) is 5.91 Å². The molecule has 1 spiro atoms. The average molecular weight is 344 g/mol. The third-order valence-corrected chi connectivity index (χ3v) is 5.35. The van der Waals surface area contributed by atoms with Crippen molar-refractivity contribution in [3.63, 3.8) is 0 Å². The van der Waals surface area contributed by atoms with Crippen molar-refractivity contribution in [3.05, 3.63) is 29.5 Å². The van der Waals surface area contributed by atoms with E-state index in [9.17, 15) is 4.79 Å². The van der Waals surface area contributed by atoms with Crippen LogP contribution in [0.15, 0.2) is 18.2 Å². The van der Waals surface area contributed by atoms with Gasteiger partial charge in [0.05, 0.1) is 26.7 Å². The number of rotatable bonds is 3. The highest BCUT2D eigenvalue weighted by molar-refractivity contribution is 5.91. The third kappa shape index (κ3) is 3.00. The van der Waals surface area contributed by atoms with Crippen molar-refractivity contribution < 1.29 is 19.0 Å². The second kappa shape index (κ2) is 6.35. The largest absolute Gasteiger partial charge is 0.497 e. The molecule has 2 aromatic rings. The van der Waals surface area contributed by atoms with E-state index in [1.165, 1.54) is 0 Å². The monoisotopic (exact) mass is 344 g/mol. The van der Waals surface area contributed by atoms with Gasteiger partial charge < -0.3 is 24.1 Å². The summed E-state index contributed by atoms with van der Waals surface area (Å²) >= 11 is 0. The summed E-state index contributed by atoms with van der Waals surface area (Å²) < 4.78 is 16.8. The lowest BCUT2D eigenvalue weighted by Gasteiger charge is -2.37. The SMILES string of the molecule is COc1ccc2[nH]c(C)c(CC(=O)N3CCC4(CC3)OCCO4)c2c1. The molecule has 0 bridgehead atoms. The van der Waals surface area contributed by atoms with Gasteiger partial charge in [-0.3, -0.25) is 4.79 Å². The van der Waals surface area contributed by atoms with Crippen molar-refractivity contribution in [1.82, 2.24) is 9.88 Å². The number of fused-ring (bicyclic) bond motifs is 1. The number of likely N-dealkylation sites (tertiary alicyclic amines) is 1. The number of hydrogen-bond donors (Lipinski definition) is 1. The maximum absolute atomic E-state index is 12.8.